The molecule has 1 aromatic rings. The van der Waals surface area contributed by atoms with Crippen LogP contribution in [0.1, 0.15) is 57.9 Å². The number of hydrogen-bond donors (Lipinski definition) is 1. The molecule has 0 spiro atoms. The largest absolute Gasteiger partial charge is 0.311 e. The summed E-state index contributed by atoms with van der Waals surface area (Å²) >= 11 is 1.92. The predicted molar refractivity (Wildman–Crippen MR) is 89.4 cm³/mol. The SMILES string of the molecule is CCCC(c1cccs1)N1CC(C(C)CC)NCC1C. The Morgan fingerprint density at radius 1 is 1.45 bits per heavy atom. The molecule has 1 aromatic heterocycles. The van der Waals surface area contributed by atoms with Crippen LogP contribution in [0.3, 0.4) is 0 Å². The van der Waals surface area contributed by atoms with Gasteiger partial charge in [-0.2, -0.15) is 0 Å². The zero-order valence-electron chi connectivity index (χ0n) is 13.4. The van der Waals surface area contributed by atoms with Gasteiger partial charge in [0.1, 0.15) is 0 Å². The molecule has 1 aliphatic heterocycles. The summed E-state index contributed by atoms with van der Waals surface area (Å²) in [4.78, 5) is 4.30. The van der Waals surface area contributed by atoms with Crippen molar-refractivity contribution < 1.29 is 0 Å². The van der Waals surface area contributed by atoms with Crippen molar-refractivity contribution in [3.8, 4) is 0 Å². The average molecular weight is 295 g/mol. The minimum atomic E-state index is 0.614. The molecule has 1 N–H and O–H groups in total. The summed E-state index contributed by atoms with van der Waals surface area (Å²) in [7, 11) is 0. The zero-order valence-corrected chi connectivity index (χ0v) is 14.2. The Bertz CT molecular complexity index is 376. The van der Waals surface area contributed by atoms with Crippen molar-refractivity contribution in [1.29, 1.82) is 0 Å². The van der Waals surface area contributed by atoms with E-state index in [-0.39, 0.29) is 0 Å². The highest BCUT2D eigenvalue weighted by molar-refractivity contribution is 7.10. The molecule has 4 unspecified atom stereocenters. The van der Waals surface area contributed by atoms with E-state index in [2.05, 4.69) is 55.4 Å². The van der Waals surface area contributed by atoms with E-state index in [1.807, 2.05) is 11.3 Å². The summed E-state index contributed by atoms with van der Waals surface area (Å²) in [5.41, 5.74) is 0. The first-order valence-corrected chi connectivity index (χ1v) is 9.07. The van der Waals surface area contributed by atoms with Crippen LogP contribution < -0.4 is 5.32 Å². The number of rotatable bonds is 6. The van der Waals surface area contributed by atoms with Crippen LogP contribution in [0.15, 0.2) is 17.5 Å². The molecular formula is C17H30N2S. The Morgan fingerprint density at radius 2 is 2.25 bits per heavy atom. The summed E-state index contributed by atoms with van der Waals surface area (Å²) in [6.07, 6.45) is 3.79. The summed E-state index contributed by atoms with van der Waals surface area (Å²) in [5.74, 6) is 0.760. The lowest BCUT2D eigenvalue weighted by Gasteiger charge is -2.44. The van der Waals surface area contributed by atoms with Gasteiger partial charge in [-0.25, -0.2) is 0 Å². The number of nitrogens with one attached hydrogen (secondary N) is 1. The molecule has 0 aliphatic carbocycles. The van der Waals surface area contributed by atoms with Crippen LogP contribution in [-0.2, 0) is 0 Å². The van der Waals surface area contributed by atoms with Crippen LogP contribution in [0.25, 0.3) is 0 Å². The predicted octanol–water partition coefficient (Wildman–Crippen LogP) is 4.30. The smallest absolute Gasteiger partial charge is 0.0445 e. The molecule has 0 saturated carbocycles. The quantitative estimate of drug-likeness (QED) is 0.841. The van der Waals surface area contributed by atoms with Gasteiger partial charge in [-0.05, 0) is 30.7 Å². The second-order valence-corrected chi connectivity index (χ2v) is 7.25. The highest BCUT2D eigenvalue weighted by Crippen LogP contribution is 2.32. The molecule has 20 heavy (non-hydrogen) atoms. The standard InChI is InChI=1S/C17H30N2S/c1-5-8-16(17-9-7-10-20-17)19-12-15(13(3)6-2)18-11-14(19)4/h7,9-10,13-16,18H,5-6,8,11-12H2,1-4H3. The van der Waals surface area contributed by atoms with E-state index in [1.54, 1.807) is 4.88 Å². The molecule has 1 aliphatic rings. The zero-order chi connectivity index (χ0) is 14.5. The van der Waals surface area contributed by atoms with Crippen molar-refractivity contribution in [1.82, 2.24) is 10.2 Å². The molecule has 2 heterocycles. The van der Waals surface area contributed by atoms with Crippen LogP contribution in [-0.4, -0.2) is 30.1 Å². The first-order chi connectivity index (χ1) is 9.67. The summed E-state index contributed by atoms with van der Waals surface area (Å²) in [5, 5.41) is 5.97. The Labute approximate surface area is 128 Å². The maximum atomic E-state index is 3.75. The fourth-order valence-electron chi connectivity index (χ4n) is 3.24. The monoisotopic (exact) mass is 294 g/mol. The maximum absolute atomic E-state index is 3.75. The molecular weight excluding hydrogens is 264 g/mol. The van der Waals surface area contributed by atoms with E-state index >= 15 is 0 Å². The van der Waals surface area contributed by atoms with Crippen molar-refractivity contribution in [2.24, 2.45) is 5.92 Å². The van der Waals surface area contributed by atoms with Gasteiger partial charge in [0.15, 0.2) is 0 Å². The molecule has 0 amide bonds. The second-order valence-electron chi connectivity index (χ2n) is 6.27. The lowest BCUT2D eigenvalue weighted by Crippen LogP contribution is -2.58. The summed E-state index contributed by atoms with van der Waals surface area (Å²) < 4.78 is 0. The normalized spacial score (nSPS) is 27.4. The first kappa shape index (κ1) is 16.0. The van der Waals surface area contributed by atoms with Gasteiger partial charge < -0.3 is 5.32 Å². The highest BCUT2D eigenvalue weighted by atomic mass is 32.1. The molecule has 3 heteroatoms. The number of nitrogens with zero attached hydrogens (tertiary/aromatic N) is 1. The topological polar surface area (TPSA) is 15.3 Å². The molecule has 1 fully saturated rings. The maximum Gasteiger partial charge on any atom is 0.0445 e. The Kier molecular flexibility index (Phi) is 6.06. The van der Waals surface area contributed by atoms with E-state index < -0.39 is 0 Å². The number of hydrogen-bond acceptors (Lipinski definition) is 3. The molecule has 114 valence electrons. The second kappa shape index (κ2) is 7.58. The fourth-order valence-corrected chi connectivity index (χ4v) is 4.12. The average Bonchev–Trinajstić information content (AvgIpc) is 2.99. The lowest BCUT2D eigenvalue weighted by atomic mass is 9.93. The minimum Gasteiger partial charge on any atom is -0.311 e. The van der Waals surface area contributed by atoms with Crippen molar-refractivity contribution in [3.05, 3.63) is 22.4 Å². The van der Waals surface area contributed by atoms with Crippen LogP contribution in [0.2, 0.25) is 0 Å². The molecule has 0 radical (unpaired) electrons. The van der Waals surface area contributed by atoms with Crippen molar-refractivity contribution >= 4 is 11.3 Å². The van der Waals surface area contributed by atoms with E-state index in [9.17, 15) is 0 Å². The fraction of sp³-hybridized carbons (Fsp3) is 0.765. The van der Waals surface area contributed by atoms with Gasteiger partial charge >= 0.3 is 0 Å². The van der Waals surface area contributed by atoms with E-state index in [1.165, 1.54) is 25.8 Å². The van der Waals surface area contributed by atoms with Crippen LogP contribution in [0.4, 0.5) is 0 Å². The molecule has 4 atom stereocenters. The van der Waals surface area contributed by atoms with Crippen molar-refractivity contribution in [2.75, 3.05) is 13.1 Å². The molecule has 0 aromatic carbocycles. The van der Waals surface area contributed by atoms with Gasteiger partial charge in [0.05, 0.1) is 0 Å². The Morgan fingerprint density at radius 3 is 2.85 bits per heavy atom. The highest BCUT2D eigenvalue weighted by Gasteiger charge is 2.32. The van der Waals surface area contributed by atoms with Gasteiger partial charge in [0.25, 0.3) is 0 Å². The Balaban J connectivity index is 2.13. The van der Waals surface area contributed by atoms with Crippen LogP contribution in [0, 0.1) is 5.92 Å². The summed E-state index contributed by atoms with van der Waals surface area (Å²) in [6.45, 7) is 11.7. The third-order valence-corrected chi connectivity index (χ3v) is 5.79. The summed E-state index contributed by atoms with van der Waals surface area (Å²) in [6, 6.07) is 6.41. The van der Waals surface area contributed by atoms with Crippen LogP contribution >= 0.6 is 11.3 Å². The van der Waals surface area contributed by atoms with Crippen molar-refractivity contribution in [2.45, 2.75) is 65.1 Å². The van der Waals surface area contributed by atoms with Crippen molar-refractivity contribution in [3.63, 3.8) is 0 Å². The third kappa shape index (κ3) is 3.63. The van der Waals surface area contributed by atoms with Gasteiger partial charge in [-0.15, -0.1) is 11.3 Å². The van der Waals surface area contributed by atoms with E-state index in [0.717, 1.165) is 12.5 Å². The molecule has 1 saturated heterocycles. The number of thiophene rings is 1. The number of piperazine rings is 1. The van der Waals surface area contributed by atoms with Gasteiger partial charge in [-0.3, -0.25) is 4.90 Å². The molecule has 2 nitrogen and oxygen atoms in total. The molecule has 0 bridgehead atoms. The van der Waals surface area contributed by atoms with Gasteiger partial charge in [-0.1, -0.05) is 39.7 Å². The van der Waals surface area contributed by atoms with E-state index in [0.29, 0.717) is 18.1 Å². The lowest BCUT2D eigenvalue weighted by molar-refractivity contribution is 0.0713. The molecule has 2 rings (SSSR count). The Hall–Kier alpha value is -0.380. The van der Waals surface area contributed by atoms with Crippen LogP contribution in [0.5, 0.6) is 0 Å². The van der Waals surface area contributed by atoms with Gasteiger partial charge in [0.2, 0.25) is 0 Å². The first-order valence-electron chi connectivity index (χ1n) is 8.19. The van der Waals surface area contributed by atoms with E-state index in [4.69, 9.17) is 0 Å². The minimum absolute atomic E-state index is 0.614. The van der Waals surface area contributed by atoms with Gasteiger partial charge in [0, 0.05) is 36.1 Å². The third-order valence-electron chi connectivity index (χ3n) is 4.81.